The minimum absolute atomic E-state index is 0.126. The zero-order valence-corrected chi connectivity index (χ0v) is 38.4. The first kappa shape index (κ1) is 38.2. The molecule has 0 atom stereocenters. The maximum atomic E-state index is 2.55. The maximum Gasteiger partial charge on any atom is 0.0725 e. The fourth-order valence-electron chi connectivity index (χ4n) is 15.7. The quantitative estimate of drug-likeness (QED) is 0.167. The van der Waals surface area contributed by atoms with Crippen molar-refractivity contribution < 1.29 is 0 Å². The first-order chi connectivity index (χ1) is 32.9. The van der Waals surface area contributed by atoms with Gasteiger partial charge in [-0.3, -0.25) is 0 Å². The van der Waals surface area contributed by atoms with E-state index in [1.165, 1.54) is 139 Å². The molecule has 0 saturated heterocycles. The first-order valence-electron chi connectivity index (χ1n) is 25.0. The van der Waals surface area contributed by atoms with Crippen LogP contribution in [0.4, 0.5) is 17.1 Å². The van der Waals surface area contributed by atoms with Crippen LogP contribution in [0.15, 0.2) is 194 Å². The van der Waals surface area contributed by atoms with Gasteiger partial charge in [-0.15, -0.1) is 0 Å². The molecule has 67 heavy (non-hydrogen) atoms. The Kier molecular flexibility index (Phi) is 7.74. The summed E-state index contributed by atoms with van der Waals surface area (Å²) in [5.74, 6) is 2.85. The van der Waals surface area contributed by atoms with Gasteiger partial charge >= 0.3 is 0 Å². The molecule has 4 fully saturated rings. The molecular formula is C66H53N. The highest BCUT2D eigenvalue weighted by molar-refractivity contribution is 6.12. The van der Waals surface area contributed by atoms with Crippen molar-refractivity contribution >= 4 is 27.8 Å². The van der Waals surface area contributed by atoms with Gasteiger partial charge in [0.1, 0.15) is 0 Å². The molecule has 0 unspecified atom stereocenters. The van der Waals surface area contributed by atoms with Gasteiger partial charge in [-0.1, -0.05) is 178 Å². The molecule has 9 aromatic rings. The van der Waals surface area contributed by atoms with Crippen molar-refractivity contribution in [2.24, 2.45) is 17.8 Å². The fraction of sp³-hybridized carbons (Fsp3) is 0.212. The number of hydrogen-bond acceptors (Lipinski definition) is 1. The smallest absolute Gasteiger partial charge is 0.0725 e. The van der Waals surface area contributed by atoms with E-state index in [2.05, 4.69) is 213 Å². The summed E-state index contributed by atoms with van der Waals surface area (Å²) in [7, 11) is 0. The van der Waals surface area contributed by atoms with E-state index in [-0.39, 0.29) is 5.41 Å². The molecule has 322 valence electrons. The second-order valence-electron chi connectivity index (χ2n) is 21.8. The molecule has 4 saturated carbocycles. The lowest BCUT2D eigenvalue weighted by atomic mass is 9.48. The highest BCUT2D eigenvalue weighted by Gasteiger charge is 2.52. The molecule has 0 aliphatic heterocycles. The van der Waals surface area contributed by atoms with E-state index < -0.39 is 5.41 Å². The largest absolute Gasteiger partial charge is 0.310 e. The highest BCUT2D eigenvalue weighted by Crippen LogP contribution is 2.64. The Morgan fingerprint density at radius 2 is 0.851 bits per heavy atom. The summed E-state index contributed by atoms with van der Waals surface area (Å²) in [5, 5.41) is 2.60. The van der Waals surface area contributed by atoms with Crippen molar-refractivity contribution in [3.05, 3.63) is 233 Å². The summed E-state index contributed by atoms with van der Waals surface area (Å²) in [6.45, 7) is 4.79. The monoisotopic (exact) mass is 859 g/mol. The van der Waals surface area contributed by atoms with Gasteiger partial charge < -0.3 is 4.90 Å². The predicted octanol–water partition coefficient (Wildman–Crippen LogP) is 17.1. The van der Waals surface area contributed by atoms with E-state index in [4.69, 9.17) is 0 Å². The third-order valence-electron chi connectivity index (χ3n) is 18.1. The van der Waals surface area contributed by atoms with Crippen molar-refractivity contribution in [1.29, 1.82) is 0 Å². The number of nitrogens with zero attached hydrogens (tertiary/aromatic N) is 1. The van der Waals surface area contributed by atoms with Crippen LogP contribution in [0.5, 0.6) is 0 Å². The van der Waals surface area contributed by atoms with Gasteiger partial charge in [0.2, 0.25) is 0 Å². The summed E-state index contributed by atoms with van der Waals surface area (Å²) < 4.78 is 0. The SMILES string of the molecule is CC1(C)c2ccccc2-c2ccc(N(c3ccc(-c4ccc(C56CC7CC(CC(C7)C5)C6)cc4)cc3)c3ccc4c5c(cccc35)C3(c5ccccc5-c5ccccc53)c3ccccc3-4)cc21. The predicted molar refractivity (Wildman–Crippen MR) is 278 cm³/mol. The zero-order valence-electron chi connectivity index (χ0n) is 38.4. The Balaban J connectivity index is 0.912. The molecule has 1 heteroatoms. The summed E-state index contributed by atoms with van der Waals surface area (Å²) >= 11 is 0. The topological polar surface area (TPSA) is 3.24 Å². The third-order valence-corrected chi connectivity index (χ3v) is 18.1. The van der Waals surface area contributed by atoms with E-state index in [0.29, 0.717) is 5.41 Å². The Hall–Kier alpha value is -6.96. The second-order valence-corrected chi connectivity index (χ2v) is 21.8. The molecule has 16 rings (SSSR count). The van der Waals surface area contributed by atoms with Crippen molar-refractivity contribution in [3.8, 4) is 44.5 Å². The van der Waals surface area contributed by atoms with Crippen LogP contribution in [0, 0.1) is 17.8 Å². The van der Waals surface area contributed by atoms with Crippen LogP contribution in [-0.2, 0) is 16.2 Å². The summed E-state index contributed by atoms with van der Waals surface area (Å²) in [6, 6.07) is 74.9. The van der Waals surface area contributed by atoms with Crippen molar-refractivity contribution in [1.82, 2.24) is 0 Å². The molecule has 0 N–H and O–H groups in total. The molecule has 7 aliphatic carbocycles. The highest BCUT2D eigenvalue weighted by atomic mass is 15.1. The van der Waals surface area contributed by atoms with Crippen molar-refractivity contribution in [2.45, 2.75) is 68.6 Å². The molecule has 7 aliphatic rings. The average Bonchev–Trinajstić information content (AvgIpc) is 3.78. The van der Waals surface area contributed by atoms with Gasteiger partial charge in [0.15, 0.2) is 0 Å². The maximum absolute atomic E-state index is 2.55. The van der Waals surface area contributed by atoms with Gasteiger partial charge in [-0.25, -0.2) is 0 Å². The minimum atomic E-state index is -0.448. The van der Waals surface area contributed by atoms with Crippen molar-refractivity contribution in [2.75, 3.05) is 4.90 Å². The standard InChI is InChI=1S/C66H53N/c1-64(2)56-17-7-3-12-49(56)53-31-30-48(37-61(53)64)67(47-28-24-45(25-29-47)44-22-26-46(27-23-44)65-38-41-34-42(39-65)36-43(35-41)40-65)62-33-32-54-52-15-6-10-20-59(52)66(60-21-11-16-55(62)63(54)60)57-18-8-4-13-50(57)51-14-5-9-19-58(51)66/h3-33,37,41-43H,34-36,38-40H2,1-2H3. The molecule has 0 heterocycles. The molecule has 0 radical (unpaired) electrons. The lowest BCUT2D eigenvalue weighted by Gasteiger charge is -2.57. The molecule has 9 aromatic carbocycles. The summed E-state index contributed by atoms with van der Waals surface area (Å²) in [5.41, 5.74) is 23.7. The Morgan fingerprint density at radius 1 is 0.388 bits per heavy atom. The normalized spacial score (nSPS) is 22.3. The summed E-state index contributed by atoms with van der Waals surface area (Å²) in [4.78, 5) is 2.55. The van der Waals surface area contributed by atoms with E-state index in [1.807, 2.05) is 0 Å². The van der Waals surface area contributed by atoms with Crippen LogP contribution in [0.1, 0.15) is 91.3 Å². The van der Waals surface area contributed by atoms with Gasteiger partial charge in [0.05, 0.1) is 11.1 Å². The van der Waals surface area contributed by atoms with Gasteiger partial charge in [0.25, 0.3) is 0 Å². The second kappa shape index (κ2) is 13.6. The molecule has 1 nitrogen and oxygen atoms in total. The van der Waals surface area contributed by atoms with E-state index >= 15 is 0 Å². The lowest BCUT2D eigenvalue weighted by Crippen LogP contribution is -2.48. The number of benzene rings is 9. The number of anilines is 3. The molecule has 4 bridgehead atoms. The Labute approximate surface area is 394 Å². The average molecular weight is 860 g/mol. The van der Waals surface area contributed by atoms with Crippen LogP contribution >= 0.6 is 0 Å². The molecule has 0 aromatic heterocycles. The van der Waals surface area contributed by atoms with Crippen LogP contribution in [0.25, 0.3) is 55.3 Å². The fourth-order valence-corrected chi connectivity index (χ4v) is 15.7. The lowest BCUT2D eigenvalue weighted by molar-refractivity contribution is -0.00518. The minimum Gasteiger partial charge on any atom is -0.310 e. The van der Waals surface area contributed by atoms with E-state index in [9.17, 15) is 0 Å². The van der Waals surface area contributed by atoms with E-state index in [1.54, 1.807) is 5.56 Å². The Morgan fingerprint density at radius 3 is 1.45 bits per heavy atom. The van der Waals surface area contributed by atoms with Crippen molar-refractivity contribution in [3.63, 3.8) is 0 Å². The summed E-state index contributed by atoms with van der Waals surface area (Å²) in [6.07, 6.45) is 8.66. The molecular weight excluding hydrogens is 807 g/mol. The van der Waals surface area contributed by atoms with Crippen LogP contribution < -0.4 is 4.90 Å². The molecule has 1 spiro atoms. The van der Waals surface area contributed by atoms with Crippen LogP contribution in [0.2, 0.25) is 0 Å². The Bertz CT molecular complexity index is 3450. The molecule has 0 amide bonds. The number of hydrogen-bond donors (Lipinski definition) is 0. The van der Waals surface area contributed by atoms with E-state index in [0.717, 1.165) is 23.4 Å². The number of rotatable bonds is 5. The van der Waals surface area contributed by atoms with Crippen LogP contribution in [-0.4, -0.2) is 0 Å². The number of fused-ring (bicyclic) bond motifs is 12. The van der Waals surface area contributed by atoms with Gasteiger partial charge in [-0.05, 0) is 181 Å². The van der Waals surface area contributed by atoms with Gasteiger partial charge in [-0.2, -0.15) is 0 Å². The zero-order chi connectivity index (χ0) is 44.2. The third kappa shape index (κ3) is 5.10. The first-order valence-corrected chi connectivity index (χ1v) is 25.0. The van der Waals surface area contributed by atoms with Crippen LogP contribution in [0.3, 0.4) is 0 Å². The van der Waals surface area contributed by atoms with Gasteiger partial charge in [0, 0.05) is 22.2 Å².